The fourth-order valence-electron chi connectivity index (χ4n) is 3.21. The van der Waals surface area contributed by atoms with Gasteiger partial charge in [0.25, 0.3) is 5.91 Å². The van der Waals surface area contributed by atoms with Gasteiger partial charge in [-0.1, -0.05) is 29.5 Å². The maximum Gasteiger partial charge on any atom is 0.254 e. The average Bonchev–Trinajstić information content (AvgIpc) is 3.11. The van der Waals surface area contributed by atoms with Crippen molar-refractivity contribution in [2.24, 2.45) is 0 Å². The third kappa shape index (κ3) is 3.73. The lowest BCUT2D eigenvalue weighted by Crippen LogP contribution is -2.39. The van der Waals surface area contributed by atoms with Crippen molar-refractivity contribution in [1.29, 1.82) is 0 Å². The molecule has 0 spiro atoms. The highest BCUT2D eigenvalue weighted by molar-refractivity contribution is 5.95. The molecule has 0 saturated heterocycles. The van der Waals surface area contributed by atoms with E-state index in [-0.39, 0.29) is 5.91 Å². The smallest absolute Gasteiger partial charge is 0.254 e. The monoisotopic (exact) mass is 363 g/mol. The molecule has 0 aliphatic carbocycles. The first-order valence-corrected chi connectivity index (χ1v) is 8.95. The van der Waals surface area contributed by atoms with Gasteiger partial charge in [-0.05, 0) is 30.2 Å². The van der Waals surface area contributed by atoms with Crippen molar-refractivity contribution < 1.29 is 9.53 Å². The van der Waals surface area contributed by atoms with Crippen LogP contribution in [0.25, 0.3) is 0 Å². The number of nitrogens with zero attached hydrogens (tertiary/aromatic N) is 5. The Morgan fingerprint density at radius 3 is 2.85 bits per heavy atom. The molecule has 0 bridgehead atoms. The number of ether oxygens (including phenoxy) is 1. The molecule has 3 heterocycles. The van der Waals surface area contributed by atoms with Crippen LogP contribution in [-0.2, 0) is 31.0 Å². The first-order chi connectivity index (χ1) is 13.2. The van der Waals surface area contributed by atoms with Crippen LogP contribution in [0, 0.1) is 6.92 Å². The van der Waals surface area contributed by atoms with Crippen LogP contribution >= 0.6 is 0 Å². The van der Waals surface area contributed by atoms with E-state index in [1.165, 1.54) is 0 Å². The zero-order valence-corrected chi connectivity index (χ0v) is 15.2. The van der Waals surface area contributed by atoms with Crippen LogP contribution in [0.15, 0.2) is 48.8 Å². The summed E-state index contributed by atoms with van der Waals surface area (Å²) in [7, 11) is 0. The highest BCUT2D eigenvalue weighted by Gasteiger charge is 2.26. The quantitative estimate of drug-likeness (QED) is 0.696. The van der Waals surface area contributed by atoms with Crippen molar-refractivity contribution in [3.8, 4) is 0 Å². The molecule has 0 saturated carbocycles. The molecule has 1 aliphatic heterocycles. The van der Waals surface area contributed by atoms with Crippen LogP contribution in [0.3, 0.4) is 0 Å². The van der Waals surface area contributed by atoms with Gasteiger partial charge in [0.1, 0.15) is 5.69 Å². The first kappa shape index (κ1) is 17.4. The van der Waals surface area contributed by atoms with Crippen LogP contribution < -0.4 is 0 Å². The number of aromatic nitrogens is 4. The third-order valence-electron chi connectivity index (χ3n) is 4.73. The minimum Gasteiger partial charge on any atom is -0.370 e. The molecule has 2 aromatic heterocycles. The van der Waals surface area contributed by atoms with E-state index in [2.05, 4.69) is 15.3 Å². The van der Waals surface area contributed by atoms with Crippen LogP contribution in [0.1, 0.15) is 32.9 Å². The molecule has 7 heteroatoms. The average molecular weight is 363 g/mol. The van der Waals surface area contributed by atoms with Gasteiger partial charge < -0.3 is 9.64 Å². The standard InChI is InChI=1S/C20H21N5O2/c1-15-5-2-3-7-17(15)20(26)24-9-10-25-19(12-24)18(22-23-25)14-27-13-16-6-4-8-21-11-16/h2-8,11H,9-10,12-14H2,1H3. The minimum atomic E-state index is 0.0442. The Balaban J connectivity index is 1.44. The summed E-state index contributed by atoms with van der Waals surface area (Å²) < 4.78 is 7.64. The number of rotatable bonds is 5. The highest BCUT2D eigenvalue weighted by Crippen LogP contribution is 2.19. The van der Waals surface area contributed by atoms with E-state index in [4.69, 9.17) is 4.74 Å². The Labute approximate surface area is 157 Å². The molecule has 0 N–H and O–H groups in total. The summed E-state index contributed by atoms with van der Waals surface area (Å²) in [6, 6.07) is 11.5. The lowest BCUT2D eigenvalue weighted by molar-refractivity contribution is 0.0698. The van der Waals surface area contributed by atoms with Gasteiger partial charge in [-0.3, -0.25) is 9.78 Å². The second-order valence-electron chi connectivity index (χ2n) is 6.60. The third-order valence-corrected chi connectivity index (χ3v) is 4.73. The van der Waals surface area contributed by atoms with Gasteiger partial charge in [0.15, 0.2) is 0 Å². The largest absolute Gasteiger partial charge is 0.370 e. The fraction of sp³-hybridized carbons (Fsp3) is 0.300. The van der Waals surface area contributed by atoms with Crippen molar-refractivity contribution in [3.63, 3.8) is 0 Å². The number of fused-ring (bicyclic) bond motifs is 1. The number of aryl methyl sites for hydroxylation is 1. The molecular weight excluding hydrogens is 342 g/mol. The summed E-state index contributed by atoms with van der Waals surface area (Å²) in [5.41, 5.74) is 4.46. The van der Waals surface area contributed by atoms with E-state index in [1.54, 1.807) is 12.4 Å². The number of pyridine rings is 1. The molecule has 3 aromatic rings. The van der Waals surface area contributed by atoms with Crippen molar-refractivity contribution in [3.05, 3.63) is 76.9 Å². The second kappa shape index (κ2) is 7.67. The molecule has 138 valence electrons. The van der Waals surface area contributed by atoms with Gasteiger partial charge in [0.2, 0.25) is 0 Å². The van der Waals surface area contributed by atoms with Crippen molar-refractivity contribution in [2.75, 3.05) is 6.54 Å². The highest BCUT2D eigenvalue weighted by atomic mass is 16.5. The van der Waals surface area contributed by atoms with Gasteiger partial charge in [-0.15, -0.1) is 5.10 Å². The number of hydrogen-bond acceptors (Lipinski definition) is 5. The zero-order chi connectivity index (χ0) is 18.6. The van der Waals surface area contributed by atoms with Crippen molar-refractivity contribution in [2.45, 2.75) is 33.2 Å². The molecule has 1 aromatic carbocycles. The molecule has 0 radical (unpaired) electrons. The molecule has 0 fully saturated rings. The van der Waals surface area contributed by atoms with E-state index in [1.807, 2.05) is 52.9 Å². The summed E-state index contributed by atoms with van der Waals surface area (Å²) in [6.07, 6.45) is 3.52. The van der Waals surface area contributed by atoms with Crippen molar-refractivity contribution >= 4 is 5.91 Å². The van der Waals surface area contributed by atoms with Crippen LogP contribution in [0.4, 0.5) is 0 Å². The number of hydrogen-bond donors (Lipinski definition) is 0. The molecule has 27 heavy (non-hydrogen) atoms. The Morgan fingerprint density at radius 2 is 2.04 bits per heavy atom. The fourth-order valence-corrected chi connectivity index (χ4v) is 3.21. The van der Waals surface area contributed by atoms with E-state index in [0.29, 0.717) is 32.8 Å². The van der Waals surface area contributed by atoms with Gasteiger partial charge in [-0.2, -0.15) is 0 Å². The van der Waals surface area contributed by atoms with Crippen molar-refractivity contribution in [1.82, 2.24) is 24.9 Å². The number of amides is 1. The van der Waals surface area contributed by atoms with Gasteiger partial charge in [0, 0.05) is 24.5 Å². The van der Waals surface area contributed by atoms with Gasteiger partial charge in [0.05, 0.1) is 32.0 Å². The Kier molecular flexibility index (Phi) is 4.93. The number of carbonyl (C=O) groups excluding carboxylic acids is 1. The molecule has 0 unspecified atom stereocenters. The lowest BCUT2D eigenvalue weighted by atomic mass is 10.1. The maximum atomic E-state index is 12.9. The predicted octanol–water partition coefficient (Wildman–Crippen LogP) is 2.35. The minimum absolute atomic E-state index is 0.0442. The Hall–Kier alpha value is -3.06. The first-order valence-electron chi connectivity index (χ1n) is 8.95. The van der Waals surface area contributed by atoms with E-state index >= 15 is 0 Å². The summed E-state index contributed by atoms with van der Waals surface area (Å²) in [6.45, 7) is 4.54. The number of benzene rings is 1. The summed E-state index contributed by atoms with van der Waals surface area (Å²) in [4.78, 5) is 18.8. The maximum absolute atomic E-state index is 12.9. The predicted molar refractivity (Wildman–Crippen MR) is 98.7 cm³/mol. The SMILES string of the molecule is Cc1ccccc1C(=O)N1CCn2nnc(COCc3cccnc3)c2C1. The van der Waals surface area contributed by atoms with Crippen LogP contribution in [0.5, 0.6) is 0 Å². The molecule has 7 nitrogen and oxygen atoms in total. The Bertz CT molecular complexity index is 939. The van der Waals surface area contributed by atoms with E-state index in [9.17, 15) is 4.79 Å². The topological polar surface area (TPSA) is 73.1 Å². The molecular formula is C20H21N5O2. The lowest BCUT2D eigenvalue weighted by Gasteiger charge is -2.28. The molecule has 0 atom stereocenters. The number of carbonyl (C=O) groups is 1. The summed E-state index contributed by atoms with van der Waals surface area (Å²) in [5, 5.41) is 8.45. The van der Waals surface area contributed by atoms with Crippen LogP contribution in [-0.4, -0.2) is 37.3 Å². The zero-order valence-electron chi connectivity index (χ0n) is 15.2. The second-order valence-corrected chi connectivity index (χ2v) is 6.60. The van der Waals surface area contributed by atoms with E-state index in [0.717, 1.165) is 28.1 Å². The molecule has 1 amide bonds. The van der Waals surface area contributed by atoms with Gasteiger partial charge in [-0.25, -0.2) is 4.68 Å². The Morgan fingerprint density at radius 1 is 1.15 bits per heavy atom. The van der Waals surface area contributed by atoms with Gasteiger partial charge >= 0.3 is 0 Å². The van der Waals surface area contributed by atoms with Crippen LogP contribution in [0.2, 0.25) is 0 Å². The molecule has 1 aliphatic rings. The summed E-state index contributed by atoms with van der Waals surface area (Å²) in [5.74, 6) is 0.0442. The normalized spacial score (nSPS) is 13.4. The summed E-state index contributed by atoms with van der Waals surface area (Å²) >= 11 is 0. The molecule has 4 rings (SSSR count). The van der Waals surface area contributed by atoms with E-state index < -0.39 is 0 Å².